The van der Waals surface area contributed by atoms with Gasteiger partial charge >= 0.3 is 0 Å². The maximum absolute atomic E-state index is 9.11. The van der Waals surface area contributed by atoms with Crippen LogP contribution < -0.4 is 10.2 Å². The lowest BCUT2D eigenvalue weighted by Crippen LogP contribution is -2.44. The van der Waals surface area contributed by atoms with Gasteiger partial charge < -0.3 is 10.2 Å². The smallest absolute Gasteiger partial charge is 0.0992 e. The van der Waals surface area contributed by atoms with E-state index in [1.165, 1.54) is 31.4 Å². The molecule has 2 saturated heterocycles. The van der Waals surface area contributed by atoms with Crippen LogP contribution in [0.2, 0.25) is 0 Å². The Morgan fingerprint density at radius 2 is 2.16 bits per heavy atom. The number of benzene rings is 1. The van der Waals surface area contributed by atoms with Crippen molar-refractivity contribution < 1.29 is 0 Å². The van der Waals surface area contributed by atoms with Gasteiger partial charge in [-0.05, 0) is 50.4 Å². The third kappa shape index (κ3) is 2.63. The van der Waals surface area contributed by atoms with E-state index in [1.807, 2.05) is 12.1 Å². The van der Waals surface area contributed by atoms with E-state index in [-0.39, 0.29) is 0 Å². The Bertz CT molecular complexity index is 503. The summed E-state index contributed by atoms with van der Waals surface area (Å²) in [6.45, 7) is 2.25. The van der Waals surface area contributed by atoms with Gasteiger partial charge in [-0.1, -0.05) is 15.9 Å². The predicted octanol–water partition coefficient (Wildman–Crippen LogP) is 3.04. The normalized spacial score (nSPS) is 26.6. The molecule has 2 aliphatic heterocycles. The zero-order chi connectivity index (χ0) is 13.2. The molecular weight excluding hydrogens is 302 g/mol. The van der Waals surface area contributed by atoms with E-state index in [1.54, 1.807) is 0 Å². The van der Waals surface area contributed by atoms with E-state index in [0.29, 0.717) is 12.1 Å². The fraction of sp³-hybridized carbons (Fsp3) is 0.533. The average Bonchev–Trinajstić information content (AvgIpc) is 3.08. The van der Waals surface area contributed by atoms with Gasteiger partial charge in [-0.15, -0.1) is 0 Å². The fourth-order valence-corrected chi connectivity index (χ4v) is 3.86. The summed E-state index contributed by atoms with van der Waals surface area (Å²) in [5.74, 6) is 0. The number of hydrogen-bond acceptors (Lipinski definition) is 3. The molecule has 0 spiro atoms. The monoisotopic (exact) mass is 319 g/mol. The highest BCUT2D eigenvalue weighted by Gasteiger charge is 2.33. The molecule has 2 fully saturated rings. The van der Waals surface area contributed by atoms with Crippen molar-refractivity contribution in [3.8, 4) is 6.07 Å². The largest absolute Gasteiger partial charge is 0.367 e. The first-order chi connectivity index (χ1) is 9.28. The highest BCUT2D eigenvalue weighted by Crippen LogP contribution is 2.32. The minimum atomic E-state index is 0.586. The van der Waals surface area contributed by atoms with Crippen LogP contribution in [-0.2, 0) is 0 Å². The van der Waals surface area contributed by atoms with Crippen LogP contribution in [0.5, 0.6) is 0 Å². The first-order valence-electron chi connectivity index (χ1n) is 6.98. The van der Waals surface area contributed by atoms with Gasteiger partial charge in [0.05, 0.1) is 11.6 Å². The summed E-state index contributed by atoms with van der Waals surface area (Å²) in [4.78, 5) is 2.48. The summed E-state index contributed by atoms with van der Waals surface area (Å²) in [6, 6.07) is 9.47. The number of nitriles is 1. The highest BCUT2D eigenvalue weighted by molar-refractivity contribution is 9.10. The van der Waals surface area contributed by atoms with E-state index < -0.39 is 0 Å². The van der Waals surface area contributed by atoms with Crippen LogP contribution in [0.4, 0.5) is 5.69 Å². The lowest BCUT2D eigenvalue weighted by atomic mass is 10.0. The van der Waals surface area contributed by atoms with Gasteiger partial charge in [-0.25, -0.2) is 0 Å². The van der Waals surface area contributed by atoms with E-state index in [2.05, 4.69) is 38.3 Å². The number of anilines is 1. The van der Waals surface area contributed by atoms with Gasteiger partial charge in [0.1, 0.15) is 0 Å². The second-order valence-electron chi connectivity index (χ2n) is 5.42. The zero-order valence-electron chi connectivity index (χ0n) is 10.9. The molecule has 0 aromatic heterocycles. The quantitative estimate of drug-likeness (QED) is 0.910. The molecule has 4 heteroatoms. The molecule has 2 atom stereocenters. The zero-order valence-corrected chi connectivity index (χ0v) is 12.5. The number of halogens is 1. The second kappa shape index (κ2) is 5.52. The van der Waals surface area contributed by atoms with Crippen LogP contribution in [0, 0.1) is 11.3 Å². The van der Waals surface area contributed by atoms with Crippen molar-refractivity contribution in [2.75, 3.05) is 18.0 Å². The molecule has 1 N–H and O–H groups in total. The maximum Gasteiger partial charge on any atom is 0.0992 e. The lowest BCUT2D eigenvalue weighted by molar-refractivity contribution is 0.483. The molecule has 0 saturated carbocycles. The molecule has 1 aromatic rings. The van der Waals surface area contributed by atoms with Gasteiger partial charge in [0.25, 0.3) is 0 Å². The average molecular weight is 320 g/mol. The number of nitrogens with zero attached hydrogens (tertiary/aromatic N) is 2. The van der Waals surface area contributed by atoms with Crippen molar-refractivity contribution in [3.05, 3.63) is 28.2 Å². The molecule has 0 aliphatic carbocycles. The first-order valence-corrected chi connectivity index (χ1v) is 7.78. The van der Waals surface area contributed by atoms with E-state index in [0.717, 1.165) is 23.1 Å². The van der Waals surface area contributed by atoms with Gasteiger partial charge in [-0.2, -0.15) is 5.26 Å². The minimum Gasteiger partial charge on any atom is -0.367 e. The topological polar surface area (TPSA) is 39.1 Å². The SMILES string of the molecule is N#Cc1cc(Br)cc(N2CCCC2C2CCCN2)c1. The number of hydrogen-bond donors (Lipinski definition) is 1. The summed E-state index contributed by atoms with van der Waals surface area (Å²) in [6.07, 6.45) is 5.07. The highest BCUT2D eigenvalue weighted by atomic mass is 79.9. The Kier molecular flexibility index (Phi) is 3.76. The van der Waals surface area contributed by atoms with Crippen molar-refractivity contribution in [2.45, 2.75) is 37.8 Å². The lowest BCUT2D eigenvalue weighted by Gasteiger charge is -2.31. The molecule has 3 nitrogen and oxygen atoms in total. The molecule has 19 heavy (non-hydrogen) atoms. The molecular formula is C15H18BrN3. The van der Waals surface area contributed by atoms with Crippen molar-refractivity contribution in [2.24, 2.45) is 0 Å². The molecule has 0 bridgehead atoms. The van der Waals surface area contributed by atoms with E-state index in [9.17, 15) is 0 Å². The number of nitrogens with one attached hydrogen (secondary N) is 1. The van der Waals surface area contributed by atoms with E-state index >= 15 is 0 Å². The molecule has 1 aromatic carbocycles. The van der Waals surface area contributed by atoms with Crippen molar-refractivity contribution in [1.82, 2.24) is 5.32 Å². The Balaban J connectivity index is 1.87. The summed E-state index contributed by atoms with van der Waals surface area (Å²) < 4.78 is 0.992. The number of rotatable bonds is 2. The van der Waals surface area contributed by atoms with E-state index in [4.69, 9.17) is 5.26 Å². The molecule has 3 rings (SSSR count). The van der Waals surface area contributed by atoms with Gasteiger partial charge in [-0.3, -0.25) is 0 Å². The Morgan fingerprint density at radius 3 is 2.89 bits per heavy atom. The van der Waals surface area contributed by atoms with Crippen molar-refractivity contribution in [1.29, 1.82) is 5.26 Å². The standard InChI is InChI=1S/C15H18BrN3/c16-12-7-11(10-17)8-13(9-12)19-6-2-4-15(19)14-3-1-5-18-14/h7-9,14-15,18H,1-6H2. The van der Waals surface area contributed by atoms with Crippen LogP contribution in [0.25, 0.3) is 0 Å². The van der Waals surface area contributed by atoms with Crippen LogP contribution in [0.1, 0.15) is 31.2 Å². The Morgan fingerprint density at radius 1 is 1.26 bits per heavy atom. The van der Waals surface area contributed by atoms with Crippen LogP contribution in [0.3, 0.4) is 0 Å². The Labute approximate surface area is 122 Å². The fourth-order valence-electron chi connectivity index (χ4n) is 3.38. The third-order valence-electron chi connectivity index (χ3n) is 4.21. The van der Waals surface area contributed by atoms with Crippen molar-refractivity contribution in [3.63, 3.8) is 0 Å². The molecule has 2 aliphatic rings. The first kappa shape index (κ1) is 13.0. The molecule has 100 valence electrons. The molecule has 2 heterocycles. The van der Waals surface area contributed by atoms with Gasteiger partial charge in [0.15, 0.2) is 0 Å². The van der Waals surface area contributed by atoms with Crippen LogP contribution >= 0.6 is 15.9 Å². The van der Waals surface area contributed by atoms with Gasteiger partial charge in [0.2, 0.25) is 0 Å². The second-order valence-corrected chi connectivity index (χ2v) is 6.33. The summed E-state index contributed by atoms with van der Waals surface area (Å²) in [7, 11) is 0. The molecule has 2 unspecified atom stereocenters. The predicted molar refractivity (Wildman–Crippen MR) is 80.2 cm³/mol. The Hall–Kier alpha value is -1.05. The van der Waals surface area contributed by atoms with Gasteiger partial charge in [0, 0.05) is 28.8 Å². The molecule has 0 radical (unpaired) electrons. The van der Waals surface area contributed by atoms with Crippen LogP contribution in [-0.4, -0.2) is 25.2 Å². The third-order valence-corrected chi connectivity index (χ3v) is 4.66. The van der Waals surface area contributed by atoms with Crippen molar-refractivity contribution >= 4 is 21.6 Å². The minimum absolute atomic E-state index is 0.586. The summed E-state index contributed by atoms with van der Waals surface area (Å²) in [5.41, 5.74) is 1.91. The summed E-state index contributed by atoms with van der Waals surface area (Å²) >= 11 is 3.51. The summed E-state index contributed by atoms with van der Waals surface area (Å²) in [5, 5.41) is 12.7. The van der Waals surface area contributed by atoms with Crippen LogP contribution in [0.15, 0.2) is 22.7 Å². The maximum atomic E-state index is 9.11. The molecule has 0 amide bonds.